The number of nitrogens with zero attached hydrogens (tertiary/aromatic N) is 4. The van der Waals surface area contributed by atoms with E-state index in [4.69, 9.17) is 14.2 Å². The van der Waals surface area contributed by atoms with Gasteiger partial charge in [-0.1, -0.05) is 0 Å². The molecule has 11 nitrogen and oxygen atoms in total. The fraction of sp³-hybridized carbons (Fsp3) is 0.462. The first kappa shape index (κ1) is 26.2. The molecule has 0 aliphatic carbocycles. The van der Waals surface area contributed by atoms with Gasteiger partial charge in [0.1, 0.15) is 11.2 Å². The topological polar surface area (TPSA) is 135 Å². The Bertz CT molecular complexity index is 1240. The second kappa shape index (κ2) is 11.5. The van der Waals surface area contributed by atoms with Crippen molar-refractivity contribution >= 4 is 11.9 Å². The van der Waals surface area contributed by atoms with E-state index in [1.54, 1.807) is 31.3 Å². The molecule has 0 unspecified atom stereocenters. The summed E-state index contributed by atoms with van der Waals surface area (Å²) in [5.41, 5.74) is 1.24. The van der Waals surface area contributed by atoms with Crippen LogP contribution in [0.25, 0.3) is 22.6 Å². The summed E-state index contributed by atoms with van der Waals surface area (Å²) in [5, 5.41) is 12.7. The van der Waals surface area contributed by atoms with Crippen LogP contribution in [0, 0.1) is 11.2 Å². The van der Waals surface area contributed by atoms with E-state index in [2.05, 4.69) is 30.2 Å². The number of nitrogens with one attached hydrogen (secondary N) is 2. The van der Waals surface area contributed by atoms with Crippen molar-refractivity contribution in [1.82, 2.24) is 24.8 Å². The van der Waals surface area contributed by atoms with Crippen LogP contribution in [-0.4, -0.2) is 88.5 Å². The number of benzene rings is 1. The Morgan fingerprint density at radius 2 is 1.92 bits per heavy atom. The van der Waals surface area contributed by atoms with Gasteiger partial charge >= 0.3 is 5.97 Å². The summed E-state index contributed by atoms with van der Waals surface area (Å²) >= 11 is 0. The fourth-order valence-corrected chi connectivity index (χ4v) is 4.31. The van der Waals surface area contributed by atoms with Crippen molar-refractivity contribution in [3.05, 3.63) is 48.2 Å². The summed E-state index contributed by atoms with van der Waals surface area (Å²) in [6.45, 7) is 6.65. The number of carboxylic acid groups (broad SMARTS) is 1. The lowest BCUT2D eigenvalue weighted by atomic mass is 9.92. The summed E-state index contributed by atoms with van der Waals surface area (Å²) < 4.78 is 30.5. The lowest BCUT2D eigenvalue weighted by Crippen LogP contribution is -2.42. The molecule has 12 heteroatoms. The quantitative estimate of drug-likeness (QED) is 0.357. The second-order valence-electron chi connectivity index (χ2n) is 9.67. The van der Waals surface area contributed by atoms with E-state index in [1.807, 2.05) is 0 Å². The number of hydrogen-bond donors (Lipinski definition) is 3. The molecular formula is C26H31FN6O5. The van der Waals surface area contributed by atoms with Crippen molar-refractivity contribution in [2.75, 3.05) is 57.9 Å². The number of carboxylic acids is 1. The molecule has 1 aromatic carbocycles. The summed E-state index contributed by atoms with van der Waals surface area (Å²) in [6, 6.07) is 7.75. The van der Waals surface area contributed by atoms with Crippen LogP contribution in [0.15, 0.2) is 36.5 Å². The van der Waals surface area contributed by atoms with E-state index in [9.17, 15) is 14.3 Å². The first-order valence-electron chi connectivity index (χ1n) is 12.6. The van der Waals surface area contributed by atoms with E-state index >= 15 is 0 Å². The van der Waals surface area contributed by atoms with Gasteiger partial charge in [0.15, 0.2) is 5.82 Å². The molecule has 2 aliphatic rings. The Labute approximate surface area is 219 Å². The van der Waals surface area contributed by atoms with Gasteiger partial charge in [0, 0.05) is 31.4 Å². The zero-order valence-corrected chi connectivity index (χ0v) is 21.2. The maximum atomic E-state index is 13.6. The largest absolute Gasteiger partial charge is 0.481 e. The van der Waals surface area contributed by atoms with Crippen LogP contribution < -0.4 is 5.32 Å². The number of ether oxygens (including phenoxy) is 3. The Kier molecular flexibility index (Phi) is 7.93. The van der Waals surface area contributed by atoms with Crippen molar-refractivity contribution in [2.45, 2.75) is 19.6 Å². The average Bonchev–Trinajstić information content (AvgIpc) is 3.38. The van der Waals surface area contributed by atoms with Gasteiger partial charge in [0.05, 0.1) is 43.5 Å². The Morgan fingerprint density at radius 3 is 2.63 bits per heavy atom. The van der Waals surface area contributed by atoms with Crippen LogP contribution in [0.2, 0.25) is 0 Å². The minimum Gasteiger partial charge on any atom is -0.481 e. The highest BCUT2D eigenvalue weighted by atomic mass is 19.1. The van der Waals surface area contributed by atoms with Crippen LogP contribution in [0.5, 0.6) is 0 Å². The molecular weight excluding hydrogens is 495 g/mol. The monoisotopic (exact) mass is 526 g/mol. The summed E-state index contributed by atoms with van der Waals surface area (Å²) in [4.78, 5) is 30.9. The van der Waals surface area contributed by atoms with Crippen molar-refractivity contribution in [3.63, 3.8) is 0 Å². The van der Waals surface area contributed by atoms with Crippen molar-refractivity contribution in [3.8, 4) is 22.6 Å². The maximum absolute atomic E-state index is 13.6. The van der Waals surface area contributed by atoms with E-state index in [0.717, 1.165) is 39.3 Å². The predicted octanol–water partition coefficient (Wildman–Crippen LogP) is 2.94. The highest BCUT2D eigenvalue weighted by molar-refractivity contribution is 5.77. The van der Waals surface area contributed by atoms with Crippen LogP contribution in [0.1, 0.15) is 25.5 Å². The van der Waals surface area contributed by atoms with Crippen LogP contribution in [-0.2, 0) is 19.0 Å². The SMILES string of the molecule is CC1(C(=O)O)COC(c2nc(-c3ccc(F)cc3)c(-c3ccnc(NCCCN4CCOCC4)n3)[nH]2)OC1. The molecule has 2 aromatic heterocycles. The minimum atomic E-state index is -1.14. The molecule has 0 saturated carbocycles. The summed E-state index contributed by atoms with van der Waals surface area (Å²) in [7, 11) is 0. The molecule has 3 N–H and O–H groups in total. The number of aromatic nitrogens is 4. The smallest absolute Gasteiger partial charge is 0.314 e. The standard InChI is InChI=1S/C26H31FN6O5/c1-26(24(34)35)15-37-23(38-16-26)22-31-20(17-3-5-18(27)6-4-17)21(32-22)19-7-9-29-25(30-19)28-8-2-10-33-11-13-36-14-12-33/h3-7,9,23H,2,8,10-16H2,1H3,(H,31,32)(H,34,35)(H,28,29,30). The molecule has 0 amide bonds. The van der Waals surface area contributed by atoms with E-state index in [1.165, 1.54) is 12.1 Å². The number of halogens is 1. The Morgan fingerprint density at radius 1 is 1.18 bits per heavy atom. The number of anilines is 1. The van der Waals surface area contributed by atoms with Gasteiger partial charge in [-0.05, 0) is 50.2 Å². The van der Waals surface area contributed by atoms with Crippen LogP contribution in [0.4, 0.5) is 10.3 Å². The molecule has 2 aliphatic heterocycles. The number of hydrogen-bond acceptors (Lipinski definition) is 9. The fourth-order valence-electron chi connectivity index (χ4n) is 4.31. The number of H-pyrrole nitrogens is 1. The normalized spacial score (nSPS) is 22.3. The summed E-state index contributed by atoms with van der Waals surface area (Å²) in [5.74, 6) is -0.504. The molecule has 38 heavy (non-hydrogen) atoms. The molecule has 5 rings (SSSR count). The molecule has 0 bridgehead atoms. The third kappa shape index (κ3) is 5.99. The Balaban J connectivity index is 1.34. The van der Waals surface area contributed by atoms with Gasteiger partial charge in [0.25, 0.3) is 0 Å². The van der Waals surface area contributed by atoms with Crippen molar-refractivity contribution < 1.29 is 28.5 Å². The van der Waals surface area contributed by atoms with Crippen molar-refractivity contribution in [2.24, 2.45) is 5.41 Å². The third-order valence-corrected chi connectivity index (χ3v) is 6.64. The number of aromatic amines is 1. The number of morpholine rings is 1. The maximum Gasteiger partial charge on any atom is 0.314 e. The molecule has 202 valence electrons. The number of rotatable bonds is 9. The highest BCUT2D eigenvalue weighted by Gasteiger charge is 2.41. The van der Waals surface area contributed by atoms with Gasteiger partial charge in [-0.15, -0.1) is 0 Å². The Hall–Kier alpha value is -3.45. The molecule has 3 aromatic rings. The van der Waals surface area contributed by atoms with E-state index < -0.39 is 17.7 Å². The lowest BCUT2D eigenvalue weighted by molar-refractivity contribution is -0.236. The number of aliphatic carboxylic acids is 1. The van der Waals surface area contributed by atoms with Gasteiger partial charge < -0.3 is 29.6 Å². The summed E-state index contributed by atoms with van der Waals surface area (Å²) in [6.07, 6.45) is 1.72. The van der Waals surface area contributed by atoms with Gasteiger partial charge in [0.2, 0.25) is 12.2 Å². The zero-order valence-electron chi connectivity index (χ0n) is 21.2. The second-order valence-corrected chi connectivity index (χ2v) is 9.67. The first-order chi connectivity index (χ1) is 18.4. The molecule has 0 radical (unpaired) electrons. The average molecular weight is 527 g/mol. The first-order valence-corrected chi connectivity index (χ1v) is 12.6. The molecule has 4 heterocycles. The third-order valence-electron chi connectivity index (χ3n) is 6.64. The van der Waals surface area contributed by atoms with Crippen molar-refractivity contribution in [1.29, 1.82) is 0 Å². The van der Waals surface area contributed by atoms with E-state index in [0.29, 0.717) is 41.0 Å². The number of imidazole rings is 1. The number of carbonyl (C=O) groups is 1. The predicted molar refractivity (Wildman–Crippen MR) is 136 cm³/mol. The molecule has 0 atom stereocenters. The van der Waals surface area contributed by atoms with Crippen LogP contribution >= 0.6 is 0 Å². The van der Waals surface area contributed by atoms with E-state index in [-0.39, 0.29) is 19.0 Å². The van der Waals surface area contributed by atoms with Crippen LogP contribution in [0.3, 0.4) is 0 Å². The molecule has 2 fully saturated rings. The highest BCUT2D eigenvalue weighted by Crippen LogP contribution is 2.35. The van der Waals surface area contributed by atoms with Gasteiger partial charge in [-0.2, -0.15) is 0 Å². The lowest BCUT2D eigenvalue weighted by Gasteiger charge is -2.33. The zero-order chi connectivity index (χ0) is 26.5. The molecule has 0 spiro atoms. The minimum absolute atomic E-state index is 0.0268. The van der Waals surface area contributed by atoms with Gasteiger partial charge in [-0.25, -0.2) is 19.3 Å². The van der Waals surface area contributed by atoms with Gasteiger partial charge in [-0.3, -0.25) is 9.69 Å². The molecule has 2 saturated heterocycles.